The molecule has 0 saturated carbocycles. The van der Waals surface area contributed by atoms with Gasteiger partial charge in [0.1, 0.15) is 4.88 Å². The summed E-state index contributed by atoms with van der Waals surface area (Å²) in [4.78, 5) is 25.8. The fraction of sp³-hybridized carbons (Fsp3) is 0.0385. The van der Waals surface area contributed by atoms with Crippen LogP contribution in [0.1, 0.15) is 32.5 Å². The number of nitrogens with zero attached hydrogens (tertiary/aromatic N) is 1. The zero-order valence-electron chi connectivity index (χ0n) is 18.3. The van der Waals surface area contributed by atoms with Crippen LogP contribution in [0.4, 0.5) is 5.69 Å². The molecule has 0 spiro atoms. The molecule has 0 atom stereocenters. The van der Waals surface area contributed by atoms with Gasteiger partial charge in [-0.1, -0.05) is 59.6 Å². The van der Waals surface area contributed by atoms with E-state index in [1.165, 1.54) is 11.3 Å². The third-order valence-corrected chi connectivity index (χ3v) is 8.26. The maximum Gasteiger partial charge on any atom is 0.283 e. The lowest BCUT2D eigenvalue weighted by Crippen LogP contribution is -2.18. The summed E-state index contributed by atoms with van der Waals surface area (Å²) in [6, 6.07) is 20.4. The van der Waals surface area contributed by atoms with Crippen LogP contribution in [-0.4, -0.2) is 17.5 Å². The van der Waals surface area contributed by atoms with Crippen LogP contribution in [-0.2, 0) is 0 Å². The Morgan fingerprint density at radius 2 is 1.66 bits per heavy atom. The van der Waals surface area contributed by atoms with E-state index in [9.17, 15) is 9.59 Å². The molecular formula is C26H17Cl2N3O2S2. The van der Waals surface area contributed by atoms with Crippen molar-refractivity contribution in [2.24, 2.45) is 5.10 Å². The van der Waals surface area contributed by atoms with E-state index in [0.717, 1.165) is 25.7 Å². The van der Waals surface area contributed by atoms with Gasteiger partial charge in [0.25, 0.3) is 11.8 Å². The SMILES string of the molecule is C/C(=N/NC(=O)c1sc2cc(Cl)ccc2c1Cl)c1ccc(NC(=O)c2csc3ccccc23)cc1. The van der Waals surface area contributed by atoms with E-state index < -0.39 is 5.91 Å². The number of rotatable bonds is 5. The smallest absolute Gasteiger partial charge is 0.283 e. The van der Waals surface area contributed by atoms with Gasteiger partial charge in [0.2, 0.25) is 0 Å². The van der Waals surface area contributed by atoms with Crippen LogP contribution < -0.4 is 10.7 Å². The number of nitrogens with one attached hydrogen (secondary N) is 2. The minimum absolute atomic E-state index is 0.158. The van der Waals surface area contributed by atoms with Crippen LogP contribution in [0, 0.1) is 0 Å². The Balaban J connectivity index is 1.27. The molecule has 2 aromatic heterocycles. The first-order valence-electron chi connectivity index (χ1n) is 10.5. The maximum atomic E-state index is 12.7. The Hall–Kier alpha value is -3.23. The molecule has 3 aromatic carbocycles. The minimum Gasteiger partial charge on any atom is -0.322 e. The molecule has 0 saturated heterocycles. The number of hydrogen-bond acceptors (Lipinski definition) is 5. The van der Waals surface area contributed by atoms with Crippen LogP contribution in [0.2, 0.25) is 10.0 Å². The highest BCUT2D eigenvalue weighted by atomic mass is 35.5. The lowest BCUT2D eigenvalue weighted by atomic mass is 10.1. The first kappa shape index (κ1) is 23.5. The van der Waals surface area contributed by atoms with E-state index in [1.54, 1.807) is 48.6 Å². The molecule has 5 aromatic rings. The number of carbonyl (C=O) groups is 2. The highest BCUT2D eigenvalue weighted by Crippen LogP contribution is 2.36. The molecule has 2 N–H and O–H groups in total. The van der Waals surface area contributed by atoms with Gasteiger partial charge in [-0.15, -0.1) is 22.7 Å². The standard InChI is InChI=1S/C26H17Cl2N3O2S2/c1-14(30-31-26(33)24-23(28)19-11-8-16(27)12-22(19)35-24)15-6-9-17(10-7-15)29-25(32)20-13-34-21-5-3-2-4-18(20)21/h2-13H,1H3,(H,29,32)(H,31,33)/b30-14-. The predicted octanol–water partition coefficient (Wildman–Crippen LogP) is 7.83. The zero-order valence-corrected chi connectivity index (χ0v) is 21.4. The molecule has 2 amide bonds. The van der Waals surface area contributed by atoms with E-state index in [-0.39, 0.29) is 5.91 Å². The Bertz CT molecular complexity index is 1620. The molecular weight excluding hydrogens is 521 g/mol. The molecule has 5 rings (SSSR count). The van der Waals surface area contributed by atoms with Crippen molar-refractivity contribution in [2.45, 2.75) is 6.92 Å². The van der Waals surface area contributed by atoms with E-state index >= 15 is 0 Å². The second-order valence-electron chi connectivity index (χ2n) is 7.70. The molecule has 0 aliphatic rings. The summed E-state index contributed by atoms with van der Waals surface area (Å²) in [5.41, 5.74) is 5.30. The number of halogens is 2. The van der Waals surface area contributed by atoms with Crippen molar-refractivity contribution < 1.29 is 9.59 Å². The van der Waals surface area contributed by atoms with Crippen molar-refractivity contribution >= 4 is 89.3 Å². The second kappa shape index (κ2) is 9.79. The molecule has 174 valence electrons. The number of thiophene rings is 2. The topological polar surface area (TPSA) is 70.6 Å². The highest BCUT2D eigenvalue weighted by Gasteiger charge is 2.17. The van der Waals surface area contributed by atoms with Crippen LogP contribution in [0.3, 0.4) is 0 Å². The number of hydrazone groups is 1. The van der Waals surface area contributed by atoms with Gasteiger partial charge in [-0.2, -0.15) is 5.10 Å². The van der Waals surface area contributed by atoms with Gasteiger partial charge in [-0.05, 0) is 42.8 Å². The largest absolute Gasteiger partial charge is 0.322 e. The molecule has 0 unspecified atom stereocenters. The molecule has 0 fully saturated rings. The summed E-state index contributed by atoms with van der Waals surface area (Å²) < 4.78 is 1.91. The van der Waals surface area contributed by atoms with Gasteiger partial charge in [0, 0.05) is 36.3 Å². The third kappa shape index (κ3) is 4.81. The van der Waals surface area contributed by atoms with Crippen molar-refractivity contribution in [1.82, 2.24) is 5.43 Å². The van der Waals surface area contributed by atoms with E-state index in [2.05, 4.69) is 15.8 Å². The molecule has 35 heavy (non-hydrogen) atoms. The lowest BCUT2D eigenvalue weighted by molar-refractivity contribution is 0.0958. The van der Waals surface area contributed by atoms with E-state index in [4.69, 9.17) is 23.2 Å². The summed E-state index contributed by atoms with van der Waals surface area (Å²) in [5.74, 6) is -0.548. The Morgan fingerprint density at radius 3 is 2.46 bits per heavy atom. The second-order valence-corrected chi connectivity index (χ2v) is 10.5. The summed E-state index contributed by atoms with van der Waals surface area (Å²) in [5, 5.41) is 11.7. The monoisotopic (exact) mass is 537 g/mol. The fourth-order valence-electron chi connectivity index (χ4n) is 3.58. The van der Waals surface area contributed by atoms with Gasteiger partial charge in [0.15, 0.2) is 0 Å². The molecule has 2 heterocycles. The van der Waals surface area contributed by atoms with Gasteiger partial charge in [-0.3, -0.25) is 9.59 Å². The van der Waals surface area contributed by atoms with Crippen molar-refractivity contribution in [3.05, 3.63) is 98.2 Å². The Kier molecular flexibility index (Phi) is 6.58. The number of carbonyl (C=O) groups excluding carboxylic acids is 2. The normalized spacial score (nSPS) is 11.7. The van der Waals surface area contributed by atoms with Crippen molar-refractivity contribution in [3.8, 4) is 0 Å². The van der Waals surface area contributed by atoms with Gasteiger partial charge in [0.05, 0.1) is 16.3 Å². The number of amides is 2. The summed E-state index contributed by atoms with van der Waals surface area (Å²) in [6.07, 6.45) is 0. The van der Waals surface area contributed by atoms with Crippen molar-refractivity contribution in [1.29, 1.82) is 0 Å². The van der Waals surface area contributed by atoms with E-state index in [1.807, 2.05) is 41.8 Å². The first-order chi connectivity index (χ1) is 16.9. The Morgan fingerprint density at radius 1 is 0.886 bits per heavy atom. The van der Waals surface area contributed by atoms with Crippen molar-refractivity contribution in [3.63, 3.8) is 0 Å². The zero-order chi connectivity index (χ0) is 24.5. The van der Waals surface area contributed by atoms with Crippen LogP contribution in [0.15, 0.2) is 77.2 Å². The fourth-order valence-corrected chi connectivity index (χ4v) is 6.21. The molecule has 5 nitrogen and oxygen atoms in total. The van der Waals surface area contributed by atoms with Crippen LogP contribution in [0.5, 0.6) is 0 Å². The van der Waals surface area contributed by atoms with Crippen LogP contribution in [0.25, 0.3) is 20.2 Å². The minimum atomic E-state index is -0.390. The lowest BCUT2D eigenvalue weighted by Gasteiger charge is -2.07. The molecule has 0 aliphatic carbocycles. The summed E-state index contributed by atoms with van der Waals surface area (Å²) in [6.45, 7) is 1.79. The highest BCUT2D eigenvalue weighted by molar-refractivity contribution is 7.21. The number of benzene rings is 3. The predicted molar refractivity (Wildman–Crippen MR) is 148 cm³/mol. The molecule has 0 radical (unpaired) electrons. The Labute approximate surface area is 219 Å². The summed E-state index contributed by atoms with van der Waals surface area (Å²) >= 11 is 15.2. The van der Waals surface area contributed by atoms with Gasteiger partial charge < -0.3 is 5.32 Å². The first-order valence-corrected chi connectivity index (χ1v) is 13.0. The van der Waals surface area contributed by atoms with Crippen LogP contribution >= 0.6 is 45.9 Å². The molecule has 0 bridgehead atoms. The average Bonchev–Trinajstić information content (AvgIpc) is 3.44. The summed E-state index contributed by atoms with van der Waals surface area (Å²) in [7, 11) is 0. The molecule has 0 aliphatic heterocycles. The van der Waals surface area contributed by atoms with Gasteiger partial charge >= 0.3 is 0 Å². The number of anilines is 1. The number of fused-ring (bicyclic) bond motifs is 2. The molecule has 9 heteroatoms. The van der Waals surface area contributed by atoms with Crippen molar-refractivity contribution in [2.75, 3.05) is 5.32 Å². The average molecular weight is 538 g/mol. The third-order valence-electron chi connectivity index (χ3n) is 5.41. The maximum absolute atomic E-state index is 12.7. The quantitative estimate of drug-likeness (QED) is 0.177. The number of hydrogen-bond donors (Lipinski definition) is 2. The van der Waals surface area contributed by atoms with E-state index in [0.29, 0.717) is 31.9 Å². The van der Waals surface area contributed by atoms with Gasteiger partial charge in [-0.25, -0.2) is 5.43 Å².